The molecule has 3 rings (SSSR count). The second kappa shape index (κ2) is 5.85. The summed E-state index contributed by atoms with van der Waals surface area (Å²) in [5.74, 6) is -0.481. The molecule has 1 N–H and O–H groups in total. The summed E-state index contributed by atoms with van der Waals surface area (Å²) in [7, 11) is -3.91. The van der Waals surface area contributed by atoms with Gasteiger partial charge >= 0.3 is 0 Å². The molecule has 23 heavy (non-hydrogen) atoms. The summed E-state index contributed by atoms with van der Waals surface area (Å²) in [6, 6.07) is 12.6. The Morgan fingerprint density at radius 2 is 1.87 bits per heavy atom. The van der Waals surface area contributed by atoms with Crippen molar-refractivity contribution in [3.05, 3.63) is 66.1 Å². The number of halogens is 1. The highest BCUT2D eigenvalue weighted by Crippen LogP contribution is 2.29. The molecule has 3 aromatic rings. The molecule has 0 bridgehead atoms. The van der Waals surface area contributed by atoms with Gasteiger partial charge in [-0.2, -0.15) is 0 Å². The molecule has 2 aromatic carbocycles. The molecular formula is C16H13FN2O3S. The number of aryl methyl sites for hydroxylation is 1. The molecule has 0 saturated heterocycles. The summed E-state index contributed by atoms with van der Waals surface area (Å²) in [5.41, 5.74) is 1.59. The molecular weight excluding hydrogens is 319 g/mol. The van der Waals surface area contributed by atoms with Crippen LogP contribution in [0.4, 0.5) is 10.3 Å². The maximum absolute atomic E-state index is 13.2. The van der Waals surface area contributed by atoms with Crippen molar-refractivity contribution in [1.29, 1.82) is 0 Å². The highest BCUT2D eigenvalue weighted by atomic mass is 32.2. The van der Waals surface area contributed by atoms with E-state index in [1.165, 1.54) is 19.2 Å². The highest BCUT2D eigenvalue weighted by Gasteiger charge is 2.21. The zero-order chi connectivity index (χ0) is 16.4. The molecule has 0 atom stereocenters. The third-order valence-corrected chi connectivity index (χ3v) is 4.80. The molecule has 0 fully saturated rings. The van der Waals surface area contributed by atoms with E-state index >= 15 is 0 Å². The molecule has 0 aliphatic heterocycles. The Morgan fingerprint density at radius 3 is 2.57 bits per heavy atom. The summed E-state index contributed by atoms with van der Waals surface area (Å²) in [6.45, 7) is 1.52. The number of hydrogen-bond donors (Lipinski definition) is 1. The lowest BCUT2D eigenvalue weighted by Crippen LogP contribution is -2.14. The molecule has 1 heterocycles. The predicted octanol–water partition coefficient (Wildman–Crippen LogP) is 3.59. The van der Waals surface area contributed by atoms with E-state index < -0.39 is 15.8 Å². The van der Waals surface area contributed by atoms with Crippen LogP contribution in [0.5, 0.6) is 0 Å². The van der Waals surface area contributed by atoms with E-state index in [9.17, 15) is 12.8 Å². The number of sulfonamides is 1. The first-order valence-electron chi connectivity index (χ1n) is 6.76. The van der Waals surface area contributed by atoms with E-state index in [2.05, 4.69) is 9.88 Å². The minimum absolute atomic E-state index is 0.0138. The van der Waals surface area contributed by atoms with Crippen LogP contribution in [0.15, 0.2) is 64.1 Å². The first-order chi connectivity index (χ1) is 11.0. The van der Waals surface area contributed by atoms with Gasteiger partial charge in [-0.25, -0.2) is 17.5 Å². The van der Waals surface area contributed by atoms with E-state index in [0.29, 0.717) is 11.1 Å². The lowest BCUT2D eigenvalue weighted by molar-refractivity contribution is 0.435. The third-order valence-electron chi connectivity index (χ3n) is 3.31. The van der Waals surface area contributed by atoms with Crippen molar-refractivity contribution in [1.82, 2.24) is 5.16 Å². The normalized spacial score (nSPS) is 11.4. The topological polar surface area (TPSA) is 72.2 Å². The SMILES string of the molecule is Cc1cc(F)ccc1S(=O)(=O)Nc1oncc1-c1ccccc1. The van der Waals surface area contributed by atoms with Crippen LogP contribution in [0.25, 0.3) is 11.1 Å². The van der Waals surface area contributed by atoms with E-state index in [-0.39, 0.29) is 10.8 Å². The molecule has 0 aliphatic rings. The number of anilines is 1. The number of nitrogens with one attached hydrogen (secondary N) is 1. The Kier molecular flexibility index (Phi) is 3.87. The van der Waals surface area contributed by atoms with Gasteiger partial charge in [-0.15, -0.1) is 0 Å². The van der Waals surface area contributed by atoms with Crippen LogP contribution in [0, 0.1) is 12.7 Å². The monoisotopic (exact) mass is 332 g/mol. The molecule has 7 heteroatoms. The zero-order valence-corrected chi connectivity index (χ0v) is 13.0. The van der Waals surface area contributed by atoms with E-state index in [0.717, 1.165) is 17.7 Å². The van der Waals surface area contributed by atoms with Crippen molar-refractivity contribution in [2.24, 2.45) is 0 Å². The number of nitrogens with zero attached hydrogens (tertiary/aromatic N) is 1. The summed E-state index contributed by atoms with van der Waals surface area (Å²) in [6.07, 6.45) is 1.44. The van der Waals surface area contributed by atoms with E-state index in [1.807, 2.05) is 30.3 Å². The van der Waals surface area contributed by atoms with Gasteiger partial charge in [-0.05, 0) is 36.2 Å². The highest BCUT2D eigenvalue weighted by molar-refractivity contribution is 7.92. The Labute approximate surface area is 132 Å². The van der Waals surface area contributed by atoms with E-state index in [4.69, 9.17) is 4.52 Å². The summed E-state index contributed by atoms with van der Waals surface area (Å²) in [5, 5.41) is 3.65. The first kappa shape index (κ1) is 15.2. The van der Waals surface area contributed by atoms with Crippen molar-refractivity contribution >= 4 is 15.9 Å². The van der Waals surface area contributed by atoms with Crippen LogP contribution in [0.3, 0.4) is 0 Å². The number of benzene rings is 2. The van der Waals surface area contributed by atoms with Crippen molar-refractivity contribution in [2.45, 2.75) is 11.8 Å². The number of aromatic nitrogens is 1. The molecule has 0 spiro atoms. The van der Waals surface area contributed by atoms with Gasteiger partial charge in [0.25, 0.3) is 10.0 Å². The first-order valence-corrected chi connectivity index (χ1v) is 8.25. The van der Waals surface area contributed by atoms with Gasteiger partial charge in [0.1, 0.15) is 5.82 Å². The Morgan fingerprint density at radius 1 is 1.13 bits per heavy atom. The van der Waals surface area contributed by atoms with Crippen LogP contribution in [-0.2, 0) is 10.0 Å². The van der Waals surface area contributed by atoms with Crippen LogP contribution in [0.1, 0.15) is 5.56 Å². The molecule has 0 radical (unpaired) electrons. The molecule has 5 nitrogen and oxygen atoms in total. The van der Waals surface area contributed by atoms with Gasteiger partial charge in [-0.1, -0.05) is 35.5 Å². The van der Waals surface area contributed by atoms with Gasteiger partial charge in [0.05, 0.1) is 16.7 Å². The smallest absolute Gasteiger partial charge is 0.264 e. The molecule has 0 aliphatic carbocycles. The van der Waals surface area contributed by atoms with Crippen molar-refractivity contribution in [2.75, 3.05) is 4.72 Å². The lowest BCUT2D eigenvalue weighted by atomic mass is 10.1. The summed E-state index contributed by atoms with van der Waals surface area (Å²) < 4.78 is 45.5. The minimum Gasteiger partial charge on any atom is -0.337 e. The van der Waals surface area contributed by atoms with Crippen molar-refractivity contribution in [3.63, 3.8) is 0 Å². The zero-order valence-electron chi connectivity index (χ0n) is 12.2. The second-order valence-electron chi connectivity index (χ2n) is 4.95. The molecule has 0 unspecified atom stereocenters. The Bertz CT molecular complexity index is 937. The number of hydrogen-bond acceptors (Lipinski definition) is 4. The largest absolute Gasteiger partial charge is 0.337 e. The van der Waals surface area contributed by atoms with E-state index in [1.54, 1.807) is 0 Å². The predicted molar refractivity (Wildman–Crippen MR) is 83.9 cm³/mol. The fourth-order valence-electron chi connectivity index (χ4n) is 2.23. The van der Waals surface area contributed by atoms with Crippen LogP contribution >= 0.6 is 0 Å². The van der Waals surface area contributed by atoms with Gasteiger partial charge < -0.3 is 4.52 Å². The molecule has 118 valence electrons. The third kappa shape index (κ3) is 3.09. The standard InChI is InChI=1S/C16H13FN2O3S/c1-11-9-13(17)7-8-15(11)23(20,21)19-16-14(10-18-22-16)12-5-3-2-4-6-12/h2-10,19H,1H3. The molecule has 0 saturated carbocycles. The number of rotatable bonds is 4. The van der Waals surface area contributed by atoms with Crippen molar-refractivity contribution in [3.8, 4) is 11.1 Å². The maximum atomic E-state index is 13.2. The van der Waals surface area contributed by atoms with Gasteiger partial charge in [0.15, 0.2) is 0 Å². The Hall–Kier alpha value is -2.67. The second-order valence-corrected chi connectivity index (χ2v) is 6.60. The summed E-state index contributed by atoms with van der Waals surface area (Å²) >= 11 is 0. The Balaban J connectivity index is 1.98. The van der Waals surface area contributed by atoms with Gasteiger partial charge in [0, 0.05) is 0 Å². The fraction of sp³-hybridized carbons (Fsp3) is 0.0625. The minimum atomic E-state index is -3.91. The average molecular weight is 332 g/mol. The molecule has 1 aromatic heterocycles. The molecule has 0 amide bonds. The van der Waals surface area contributed by atoms with Gasteiger partial charge in [-0.3, -0.25) is 0 Å². The maximum Gasteiger partial charge on any atom is 0.264 e. The van der Waals surface area contributed by atoms with Crippen molar-refractivity contribution < 1.29 is 17.3 Å². The van der Waals surface area contributed by atoms with Crippen LogP contribution in [0.2, 0.25) is 0 Å². The average Bonchev–Trinajstić information content (AvgIpc) is 2.95. The van der Waals surface area contributed by atoms with Crippen LogP contribution < -0.4 is 4.72 Å². The fourth-order valence-corrected chi connectivity index (χ4v) is 3.46. The van der Waals surface area contributed by atoms with Gasteiger partial charge in [0.2, 0.25) is 5.88 Å². The van der Waals surface area contributed by atoms with Crippen LogP contribution in [-0.4, -0.2) is 13.6 Å². The lowest BCUT2D eigenvalue weighted by Gasteiger charge is -2.09. The summed E-state index contributed by atoms with van der Waals surface area (Å²) in [4.78, 5) is -0.0192. The quantitative estimate of drug-likeness (QED) is 0.792.